The summed E-state index contributed by atoms with van der Waals surface area (Å²) in [6.07, 6.45) is 0. The monoisotopic (exact) mass is 444 g/mol. The first-order valence-corrected chi connectivity index (χ1v) is 9.85. The van der Waals surface area contributed by atoms with Crippen molar-refractivity contribution in [1.82, 2.24) is 0 Å². The molecule has 0 saturated heterocycles. The van der Waals surface area contributed by atoms with Crippen molar-refractivity contribution in [2.75, 3.05) is 10.6 Å². The van der Waals surface area contributed by atoms with Crippen LogP contribution in [0.15, 0.2) is 95.5 Å². The molecule has 0 bridgehead atoms. The second-order valence-corrected chi connectivity index (χ2v) is 7.43. The van der Waals surface area contributed by atoms with Crippen LogP contribution in [0.5, 0.6) is 0 Å². The van der Waals surface area contributed by atoms with E-state index in [1.807, 2.05) is 54.6 Å². The molecule has 2 N–H and O–H groups in total. The summed E-state index contributed by atoms with van der Waals surface area (Å²) in [4.78, 5) is 25.0. The molecular weight excluding hydrogens is 428 g/mol. The van der Waals surface area contributed by atoms with Crippen LogP contribution in [0.3, 0.4) is 0 Å². The van der Waals surface area contributed by atoms with Gasteiger partial charge in [-0.3, -0.25) is 9.59 Å². The summed E-state index contributed by atoms with van der Waals surface area (Å²) in [5.41, 5.74) is 2.50. The van der Waals surface area contributed by atoms with Gasteiger partial charge < -0.3 is 10.6 Å². The van der Waals surface area contributed by atoms with Crippen molar-refractivity contribution in [3.05, 3.63) is 107 Å². The quantitative estimate of drug-likeness (QED) is 0.399. The third-order valence-corrected chi connectivity index (χ3v) is 5.07. The maximum absolute atomic E-state index is 12.7. The highest BCUT2D eigenvalue weighted by Gasteiger charge is 2.10. The van der Waals surface area contributed by atoms with Crippen LogP contribution in [-0.4, -0.2) is 11.8 Å². The maximum Gasteiger partial charge on any atom is 0.256 e. The molecule has 5 heteroatoms. The molecule has 4 nitrogen and oxygen atoms in total. The SMILES string of the molecule is O=C(Nc1ccc(NC(=O)c2cccc3ccccc23)cc1)c1ccc(Br)cc1. The smallest absolute Gasteiger partial charge is 0.256 e. The summed E-state index contributed by atoms with van der Waals surface area (Å²) in [7, 11) is 0. The molecule has 0 aromatic heterocycles. The summed E-state index contributed by atoms with van der Waals surface area (Å²) < 4.78 is 0.917. The van der Waals surface area contributed by atoms with Crippen LogP contribution in [0.1, 0.15) is 20.7 Å². The van der Waals surface area contributed by atoms with Crippen molar-refractivity contribution in [2.45, 2.75) is 0 Å². The Hall–Kier alpha value is -3.44. The Morgan fingerprint density at radius 3 is 1.90 bits per heavy atom. The van der Waals surface area contributed by atoms with E-state index < -0.39 is 0 Å². The first-order valence-electron chi connectivity index (χ1n) is 9.06. The summed E-state index contributed by atoms with van der Waals surface area (Å²) >= 11 is 3.35. The van der Waals surface area contributed by atoms with Crippen LogP contribution >= 0.6 is 15.9 Å². The predicted octanol–water partition coefficient (Wildman–Crippen LogP) is 6.11. The lowest BCUT2D eigenvalue weighted by Crippen LogP contribution is -2.13. The van der Waals surface area contributed by atoms with Crippen molar-refractivity contribution in [3.8, 4) is 0 Å². The summed E-state index contributed by atoms with van der Waals surface area (Å²) in [6.45, 7) is 0. The first kappa shape index (κ1) is 18.9. The van der Waals surface area contributed by atoms with E-state index in [2.05, 4.69) is 26.6 Å². The van der Waals surface area contributed by atoms with E-state index in [4.69, 9.17) is 0 Å². The Morgan fingerprint density at radius 2 is 1.21 bits per heavy atom. The van der Waals surface area contributed by atoms with Crippen molar-refractivity contribution >= 4 is 49.9 Å². The van der Waals surface area contributed by atoms with Gasteiger partial charge in [0, 0.05) is 27.0 Å². The fourth-order valence-electron chi connectivity index (χ4n) is 3.06. The number of carbonyl (C=O) groups is 2. The highest BCUT2D eigenvalue weighted by molar-refractivity contribution is 9.10. The molecule has 0 unspecified atom stereocenters. The minimum absolute atomic E-state index is 0.173. The lowest BCUT2D eigenvalue weighted by molar-refractivity contribution is 0.101. The lowest BCUT2D eigenvalue weighted by atomic mass is 10.0. The van der Waals surface area contributed by atoms with Gasteiger partial charge in [-0.25, -0.2) is 0 Å². The van der Waals surface area contributed by atoms with Crippen LogP contribution in [0.25, 0.3) is 10.8 Å². The highest BCUT2D eigenvalue weighted by atomic mass is 79.9. The highest BCUT2D eigenvalue weighted by Crippen LogP contribution is 2.21. The molecule has 0 aliphatic carbocycles. The molecule has 0 spiro atoms. The molecule has 0 radical (unpaired) electrons. The van der Waals surface area contributed by atoms with Gasteiger partial charge in [0.05, 0.1) is 0 Å². The Balaban J connectivity index is 1.46. The molecule has 142 valence electrons. The van der Waals surface area contributed by atoms with Gasteiger partial charge in [-0.15, -0.1) is 0 Å². The van der Waals surface area contributed by atoms with E-state index in [1.165, 1.54) is 0 Å². The molecule has 0 saturated carbocycles. The maximum atomic E-state index is 12.7. The molecule has 0 heterocycles. The third-order valence-electron chi connectivity index (χ3n) is 4.54. The zero-order valence-electron chi connectivity index (χ0n) is 15.4. The third kappa shape index (κ3) is 4.36. The van der Waals surface area contributed by atoms with Crippen LogP contribution in [0, 0.1) is 0 Å². The van der Waals surface area contributed by atoms with E-state index in [0.717, 1.165) is 15.2 Å². The van der Waals surface area contributed by atoms with Gasteiger partial charge in [0.25, 0.3) is 11.8 Å². The minimum atomic E-state index is -0.190. The number of rotatable bonds is 4. The number of anilines is 2. The standard InChI is InChI=1S/C24H17BrN2O2/c25-18-10-8-17(9-11-18)23(28)26-19-12-14-20(15-13-19)27-24(29)22-7-3-5-16-4-1-2-6-21(16)22/h1-15H,(H,26,28)(H,27,29). The van der Waals surface area contributed by atoms with Crippen molar-refractivity contribution < 1.29 is 9.59 Å². The van der Waals surface area contributed by atoms with Gasteiger partial charge in [0.2, 0.25) is 0 Å². The molecule has 0 aliphatic rings. The predicted molar refractivity (Wildman–Crippen MR) is 120 cm³/mol. The van der Waals surface area contributed by atoms with E-state index in [-0.39, 0.29) is 11.8 Å². The van der Waals surface area contributed by atoms with E-state index in [0.29, 0.717) is 22.5 Å². The number of hydrogen-bond donors (Lipinski definition) is 2. The Kier molecular flexibility index (Phi) is 5.40. The van der Waals surface area contributed by atoms with Gasteiger partial charge in [0.15, 0.2) is 0 Å². The minimum Gasteiger partial charge on any atom is -0.322 e. The van der Waals surface area contributed by atoms with E-state index >= 15 is 0 Å². The number of amides is 2. The Labute approximate surface area is 176 Å². The van der Waals surface area contributed by atoms with Gasteiger partial charge in [-0.05, 0) is 65.4 Å². The Bertz CT molecular complexity index is 1180. The molecule has 4 aromatic carbocycles. The van der Waals surface area contributed by atoms with Crippen LogP contribution in [-0.2, 0) is 0 Å². The van der Waals surface area contributed by atoms with E-state index in [1.54, 1.807) is 36.4 Å². The number of fused-ring (bicyclic) bond motifs is 1. The molecule has 29 heavy (non-hydrogen) atoms. The number of nitrogens with one attached hydrogen (secondary N) is 2. The molecule has 0 fully saturated rings. The van der Waals surface area contributed by atoms with Gasteiger partial charge in [-0.2, -0.15) is 0 Å². The normalized spacial score (nSPS) is 10.5. The van der Waals surface area contributed by atoms with E-state index in [9.17, 15) is 9.59 Å². The average Bonchev–Trinajstić information content (AvgIpc) is 2.75. The summed E-state index contributed by atoms with van der Waals surface area (Å²) in [5.74, 6) is -0.363. The summed E-state index contributed by atoms with van der Waals surface area (Å²) in [5, 5.41) is 7.69. The van der Waals surface area contributed by atoms with Crippen molar-refractivity contribution in [1.29, 1.82) is 0 Å². The zero-order chi connectivity index (χ0) is 20.2. The molecule has 0 aliphatic heterocycles. The molecular formula is C24H17BrN2O2. The largest absolute Gasteiger partial charge is 0.322 e. The lowest BCUT2D eigenvalue weighted by Gasteiger charge is -2.10. The van der Waals surface area contributed by atoms with Crippen LogP contribution in [0.2, 0.25) is 0 Å². The average molecular weight is 445 g/mol. The van der Waals surface area contributed by atoms with Gasteiger partial charge >= 0.3 is 0 Å². The van der Waals surface area contributed by atoms with Gasteiger partial charge in [-0.1, -0.05) is 52.3 Å². The second-order valence-electron chi connectivity index (χ2n) is 6.52. The summed E-state index contributed by atoms with van der Waals surface area (Å²) in [6, 6.07) is 27.6. The topological polar surface area (TPSA) is 58.2 Å². The zero-order valence-corrected chi connectivity index (χ0v) is 16.9. The Morgan fingerprint density at radius 1 is 0.621 bits per heavy atom. The number of halogens is 1. The second kappa shape index (κ2) is 8.29. The van der Waals surface area contributed by atoms with Crippen LogP contribution in [0.4, 0.5) is 11.4 Å². The van der Waals surface area contributed by atoms with Crippen molar-refractivity contribution in [3.63, 3.8) is 0 Å². The van der Waals surface area contributed by atoms with Gasteiger partial charge in [0.1, 0.15) is 0 Å². The molecule has 4 aromatic rings. The first-order chi connectivity index (χ1) is 14.1. The number of benzene rings is 4. The fraction of sp³-hybridized carbons (Fsp3) is 0. The molecule has 0 atom stereocenters. The number of hydrogen-bond acceptors (Lipinski definition) is 2. The fourth-order valence-corrected chi connectivity index (χ4v) is 3.33. The molecule has 2 amide bonds. The van der Waals surface area contributed by atoms with Crippen LogP contribution < -0.4 is 10.6 Å². The molecule has 4 rings (SSSR count). The number of carbonyl (C=O) groups excluding carboxylic acids is 2. The van der Waals surface area contributed by atoms with Crippen molar-refractivity contribution in [2.24, 2.45) is 0 Å².